The van der Waals surface area contributed by atoms with Gasteiger partial charge in [0.05, 0.1) is 11.4 Å². The lowest BCUT2D eigenvalue weighted by atomic mass is 10.1. The van der Waals surface area contributed by atoms with Gasteiger partial charge in [0.25, 0.3) is 0 Å². The van der Waals surface area contributed by atoms with Gasteiger partial charge in [-0.3, -0.25) is 4.79 Å². The first-order valence-electron chi connectivity index (χ1n) is 4.80. The first-order valence-corrected chi connectivity index (χ1v) is 4.80. The topological polar surface area (TPSA) is 32.3 Å². The van der Waals surface area contributed by atoms with Gasteiger partial charge in [0.1, 0.15) is 0 Å². The standard InChI is InChI=1S/C11H14N2O/c1-8-4-3-5-9-11(8)12-7-6-10(14)13(9)2/h3-5,12H,6-7H2,1-2H3. The van der Waals surface area contributed by atoms with Gasteiger partial charge in [0.2, 0.25) is 5.91 Å². The Hall–Kier alpha value is -1.51. The molecule has 0 aromatic heterocycles. The highest BCUT2D eigenvalue weighted by Crippen LogP contribution is 2.30. The summed E-state index contributed by atoms with van der Waals surface area (Å²) in [5.74, 6) is 0.168. The molecule has 1 amide bonds. The van der Waals surface area contributed by atoms with Crippen molar-refractivity contribution in [2.75, 3.05) is 23.8 Å². The highest BCUT2D eigenvalue weighted by Gasteiger charge is 2.18. The van der Waals surface area contributed by atoms with Gasteiger partial charge >= 0.3 is 0 Å². The molecular weight excluding hydrogens is 176 g/mol. The van der Waals surface area contributed by atoms with Gasteiger partial charge in [-0.1, -0.05) is 12.1 Å². The number of hydrogen-bond donors (Lipinski definition) is 1. The summed E-state index contributed by atoms with van der Waals surface area (Å²) in [4.78, 5) is 13.3. The zero-order chi connectivity index (χ0) is 10.1. The van der Waals surface area contributed by atoms with Crippen molar-refractivity contribution in [3.63, 3.8) is 0 Å². The molecule has 74 valence electrons. The monoisotopic (exact) mass is 190 g/mol. The molecule has 1 aliphatic heterocycles. The summed E-state index contributed by atoms with van der Waals surface area (Å²) < 4.78 is 0. The summed E-state index contributed by atoms with van der Waals surface area (Å²) in [5.41, 5.74) is 3.25. The third-order valence-electron chi connectivity index (χ3n) is 2.63. The van der Waals surface area contributed by atoms with Crippen LogP contribution in [0.3, 0.4) is 0 Å². The molecule has 0 aliphatic carbocycles. The molecule has 0 bridgehead atoms. The quantitative estimate of drug-likeness (QED) is 0.676. The average Bonchev–Trinajstić information content (AvgIpc) is 2.31. The van der Waals surface area contributed by atoms with E-state index in [4.69, 9.17) is 0 Å². The van der Waals surface area contributed by atoms with Crippen LogP contribution in [0.5, 0.6) is 0 Å². The van der Waals surface area contributed by atoms with Gasteiger partial charge in [-0.15, -0.1) is 0 Å². The molecule has 0 fully saturated rings. The number of rotatable bonds is 0. The van der Waals surface area contributed by atoms with E-state index in [1.807, 2.05) is 19.2 Å². The van der Waals surface area contributed by atoms with Crippen LogP contribution in [-0.2, 0) is 4.79 Å². The molecule has 1 aromatic rings. The second kappa shape index (κ2) is 3.33. The predicted molar refractivity (Wildman–Crippen MR) is 57.7 cm³/mol. The largest absolute Gasteiger partial charge is 0.383 e. The summed E-state index contributed by atoms with van der Waals surface area (Å²) in [6.07, 6.45) is 0.560. The van der Waals surface area contributed by atoms with Gasteiger partial charge in [-0.25, -0.2) is 0 Å². The number of aryl methyl sites for hydroxylation is 1. The molecule has 0 spiro atoms. The summed E-state index contributed by atoms with van der Waals surface area (Å²) >= 11 is 0. The molecule has 3 heteroatoms. The Bertz CT molecular complexity index is 374. The molecule has 0 atom stereocenters. The van der Waals surface area contributed by atoms with E-state index < -0.39 is 0 Å². The Morgan fingerprint density at radius 2 is 2.21 bits per heavy atom. The van der Waals surface area contributed by atoms with E-state index >= 15 is 0 Å². The van der Waals surface area contributed by atoms with Crippen LogP contribution in [0.2, 0.25) is 0 Å². The minimum atomic E-state index is 0.168. The number of hydrogen-bond acceptors (Lipinski definition) is 2. The Morgan fingerprint density at radius 1 is 1.43 bits per heavy atom. The van der Waals surface area contributed by atoms with Crippen LogP contribution < -0.4 is 10.2 Å². The average molecular weight is 190 g/mol. The summed E-state index contributed by atoms with van der Waals surface area (Å²) in [7, 11) is 1.83. The Labute approximate surface area is 83.7 Å². The van der Waals surface area contributed by atoms with Crippen LogP contribution >= 0.6 is 0 Å². The predicted octanol–water partition coefficient (Wildman–Crippen LogP) is 1.77. The van der Waals surface area contributed by atoms with E-state index in [9.17, 15) is 4.79 Å². The number of carbonyl (C=O) groups excluding carboxylic acids is 1. The van der Waals surface area contributed by atoms with E-state index in [1.165, 1.54) is 5.56 Å². The number of fused-ring (bicyclic) bond motifs is 1. The number of benzene rings is 1. The second-order valence-corrected chi connectivity index (χ2v) is 3.60. The lowest BCUT2D eigenvalue weighted by molar-refractivity contribution is -0.118. The Morgan fingerprint density at radius 3 is 3.00 bits per heavy atom. The molecule has 1 heterocycles. The van der Waals surface area contributed by atoms with Crippen LogP contribution in [0.4, 0.5) is 11.4 Å². The molecule has 0 unspecified atom stereocenters. The van der Waals surface area contributed by atoms with Gasteiger partial charge < -0.3 is 10.2 Å². The maximum Gasteiger partial charge on any atom is 0.228 e. The van der Waals surface area contributed by atoms with E-state index in [1.54, 1.807) is 4.90 Å². The number of nitrogens with one attached hydrogen (secondary N) is 1. The van der Waals surface area contributed by atoms with E-state index in [0.29, 0.717) is 6.42 Å². The van der Waals surface area contributed by atoms with Gasteiger partial charge in [0, 0.05) is 20.0 Å². The minimum Gasteiger partial charge on any atom is -0.383 e. The summed E-state index contributed by atoms with van der Waals surface area (Å²) in [6.45, 7) is 2.77. The highest BCUT2D eigenvalue weighted by molar-refractivity contribution is 5.98. The number of nitrogens with zero attached hydrogens (tertiary/aromatic N) is 1. The minimum absolute atomic E-state index is 0.168. The second-order valence-electron chi connectivity index (χ2n) is 3.60. The maximum absolute atomic E-state index is 11.6. The lowest BCUT2D eigenvalue weighted by Gasteiger charge is -2.18. The van der Waals surface area contributed by atoms with Gasteiger partial charge in [-0.05, 0) is 18.6 Å². The normalized spacial score (nSPS) is 15.9. The van der Waals surface area contributed by atoms with Crippen molar-refractivity contribution in [2.45, 2.75) is 13.3 Å². The van der Waals surface area contributed by atoms with Crippen LogP contribution in [0, 0.1) is 6.92 Å². The van der Waals surface area contributed by atoms with Crippen LogP contribution in [-0.4, -0.2) is 19.5 Å². The van der Waals surface area contributed by atoms with Crippen molar-refractivity contribution in [2.24, 2.45) is 0 Å². The highest BCUT2D eigenvalue weighted by atomic mass is 16.2. The molecule has 14 heavy (non-hydrogen) atoms. The molecule has 0 saturated carbocycles. The molecule has 1 N–H and O–H groups in total. The van der Waals surface area contributed by atoms with Gasteiger partial charge in [0.15, 0.2) is 0 Å². The lowest BCUT2D eigenvalue weighted by Crippen LogP contribution is -2.25. The fraction of sp³-hybridized carbons (Fsp3) is 0.364. The van der Waals surface area contributed by atoms with Crippen molar-refractivity contribution < 1.29 is 4.79 Å². The maximum atomic E-state index is 11.6. The summed E-state index contributed by atoms with van der Waals surface area (Å²) in [5, 5.41) is 3.29. The van der Waals surface area contributed by atoms with Gasteiger partial charge in [-0.2, -0.15) is 0 Å². The summed E-state index contributed by atoms with van der Waals surface area (Å²) in [6, 6.07) is 6.00. The number of amides is 1. The van der Waals surface area contributed by atoms with E-state index in [2.05, 4.69) is 18.3 Å². The van der Waals surface area contributed by atoms with Crippen molar-refractivity contribution >= 4 is 17.3 Å². The molecule has 0 radical (unpaired) electrons. The van der Waals surface area contributed by atoms with Crippen molar-refractivity contribution in [3.8, 4) is 0 Å². The number of para-hydroxylation sites is 1. The van der Waals surface area contributed by atoms with Crippen molar-refractivity contribution in [3.05, 3.63) is 23.8 Å². The fourth-order valence-electron chi connectivity index (χ4n) is 1.76. The molecule has 1 aromatic carbocycles. The molecule has 2 rings (SSSR count). The zero-order valence-electron chi connectivity index (χ0n) is 8.50. The SMILES string of the molecule is Cc1cccc2c1NCCC(=O)N2C. The zero-order valence-corrected chi connectivity index (χ0v) is 8.50. The Kier molecular flexibility index (Phi) is 2.15. The molecular formula is C11H14N2O. The first-order chi connectivity index (χ1) is 6.70. The molecule has 1 aliphatic rings. The van der Waals surface area contributed by atoms with Crippen molar-refractivity contribution in [1.82, 2.24) is 0 Å². The van der Waals surface area contributed by atoms with Crippen LogP contribution in [0.1, 0.15) is 12.0 Å². The first kappa shape index (κ1) is 9.06. The van der Waals surface area contributed by atoms with E-state index in [0.717, 1.165) is 17.9 Å². The fourth-order valence-corrected chi connectivity index (χ4v) is 1.76. The smallest absolute Gasteiger partial charge is 0.228 e. The number of carbonyl (C=O) groups is 1. The van der Waals surface area contributed by atoms with Crippen molar-refractivity contribution in [1.29, 1.82) is 0 Å². The van der Waals surface area contributed by atoms with Crippen LogP contribution in [0.15, 0.2) is 18.2 Å². The molecule has 3 nitrogen and oxygen atoms in total. The Balaban J connectivity index is 2.53. The third kappa shape index (κ3) is 1.35. The third-order valence-corrected chi connectivity index (χ3v) is 2.63. The van der Waals surface area contributed by atoms with E-state index in [-0.39, 0.29) is 5.91 Å². The van der Waals surface area contributed by atoms with Crippen LogP contribution in [0.25, 0.3) is 0 Å². The number of anilines is 2. The molecule has 0 saturated heterocycles.